The Hall–Kier alpha value is -3.01. The maximum absolute atomic E-state index is 12.5. The Labute approximate surface area is 164 Å². The molecule has 1 aliphatic rings. The van der Waals surface area contributed by atoms with Gasteiger partial charge in [0.25, 0.3) is 0 Å². The lowest BCUT2D eigenvalue weighted by molar-refractivity contribution is -0.126. The van der Waals surface area contributed by atoms with E-state index in [-0.39, 0.29) is 24.8 Å². The van der Waals surface area contributed by atoms with Crippen LogP contribution in [0, 0.1) is 12.8 Å². The summed E-state index contributed by atoms with van der Waals surface area (Å²) in [5, 5.41) is 10.9. The molecule has 0 aliphatic carbocycles. The van der Waals surface area contributed by atoms with Crippen molar-refractivity contribution >= 4 is 38.5 Å². The third kappa shape index (κ3) is 3.68. The summed E-state index contributed by atoms with van der Waals surface area (Å²) in [4.78, 5) is 31.0. The van der Waals surface area contributed by atoms with Gasteiger partial charge in [-0.15, -0.1) is 10.2 Å². The number of carbonyl (C=O) groups excluding carboxylic acids is 2. The largest absolute Gasteiger partial charge is 0.494 e. The molecule has 4 rings (SSSR count). The summed E-state index contributed by atoms with van der Waals surface area (Å²) in [5.41, 5.74) is 0.802. The van der Waals surface area contributed by atoms with Crippen molar-refractivity contribution in [1.82, 2.24) is 20.5 Å². The molecule has 1 N–H and O–H groups in total. The van der Waals surface area contributed by atoms with Gasteiger partial charge in [0.05, 0.1) is 29.3 Å². The average Bonchev–Trinajstić information content (AvgIpc) is 3.37. The van der Waals surface area contributed by atoms with Crippen LogP contribution in [-0.2, 0) is 16.1 Å². The Kier molecular flexibility index (Phi) is 4.95. The maximum atomic E-state index is 12.5. The molecule has 3 heterocycles. The van der Waals surface area contributed by atoms with Crippen molar-refractivity contribution < 1.29 is 18.7 Å². The van der Waals surface area contributed by atoms with Gasteiger partial charge in [0.1, 0.15) is 5.75 Å². The first-order chi connectivity index (χ1) is 13.5. The van der Waals surface area contributed by atoms with Crippen LogP contribution in [0.2, 0.25) is 0 Å². The summed E-state index contributed by atoms with van der Waals surface area (Å²) in [5.74, 6) is 0.774. The first kappa shape index (κ1) is 18.4. The Bertz CT molecular complexity index is 1030. The SMILES string of the molecule is CCOc1ccc2nc(N3CC(C(=O)NCc4nnc(C)o4)CC3=O)sc2c1. The Morgan fingerprint density at radius 2 is 2.29 bits per heavy atom. The summed E-state index contributed by atoms with van der Waals surface area (Å²) in [6.07, 6.45) is 0.148. The van der Waals surface area contributed by atoms with Crippen molar-refractivity contribution in [2.24, 2.45) is 5.92 Å². The second-order valence-electron chi connectivity index (χ2n) is 6.40. The zero-order valence-corrected chi connectivity index (χ0v) is 16.3. The van der Waals surface area contributed by atoms with Gasteiger partial charge in [-0.05, 0) is 25.1 Å². The van der Waals surface area contributed by atoms with E-state index in [4.69, 9.17) is 9.15 Å². The van der Waals surface area contributed by atoms with E-state index in [1.807, 2.05) is 25.1 Å². The van der Waals surface area contributed by atoms with E-state index in [9.17, 15) is 9.59 Å². The minimum absolute atomic E-state index is 0.113. The fourth-order valence-corrected chi connectivity index (χ4v) is 4.07. The van der Waals surface area contributed by atoms with Gasteiger partial charge in [-0.1, -0.05) is 11.3 Å². The number of benzene rings is 1. The van der Waals surface area contributed by atoms with Crippen LogP contribution >= 0.6 is 11.3 Å². The highest BCUT2D eigenvalue weighted by Crippen LogP contribution is 2.34. The molecule has 146 valence electrons. The molecule has 10 heteroatoms. The van der Waals surface area contributed by atoms with Crippen molar-refractivity contribution in [3.63, 3.8) is 0 Å². The van der Waals surface area contributed by atoms with E-state index in [0.717, 1.165) is 16.0 Å². The summed E-state index contributed by atoms with van der Waals surface area (Å²) >= 11 is 1.41. The topological polar surface area (TPSA) is 110 Å². The number of carbonyl (C=O) groups is 2. The minimum Gasteiger partial charge on any atom is -0.494 e. The predicted molar refractivity (Wildman–Crippen MR) is 102 cm³/mol. The molecule has 1 unspecified atom stereocenters. The average molecular weight is 401 g/mol. The van der Waals surface area contributed by atoms with Gasteiger partial charge in [-0.25, -0.2) is 4.98 Å². The lowest BCUT2D eigenvalue weighted by atomic mass is 10.1. The molecule has 28 heavy (non-hydrogen) atoms. The molecule has 0 saturated carbocycles. The quantitative estimate of drug-likeness (QED) is 0.673. The number of aryl methyl sites for hydroxylation is 1. The Balaban J connectivity index is 1.43. The van der Waals surface area contributed by atoms with Crippen LogP contribution in [0.3, 0.4) is 0 Å². The highest BCUT2D eigenvalue weighted by molar-refractivity contribution is 7.22. The lowest BCUT2D eigenvalue weighted by Crippen LogP contribution is -2.32. The molecule has 1 aliphatic heterocycles. The molecule has 0 bridgehead atoms. The fraction of sp³-hybridized carbons (Fsp3) is 0.389. The number of nitrogens with one attached hydrogen (secondary N) is 1. The molecule has 1 fully saturated rings. The van der Waals surface area contributed by atoms with Gasteiger partial charge < -0.3 is 14.5 Å². The summed E-state index contributed by atoms with van der Waals surface area (Å²) in [6, 6.07) is 5.64. The van der Waals surface area contributed by atoms with Gasteiger partial charge in [0.2, 0.25) is 23.6 Å². The van der Waals surface area contributed by atoms with Crippen molar-refractivity contribution in [2.75, 3.05) is 18.1 Å². The Morgan fingerprint density at radius 3 is 3.04 bits per heavy atom. The third-order valence-electron chi connectivity index (χ3n) is 4.37. The second-order valence-corrected chi connectivity index (χ2v) is 7.41. The number of hydrogen-bond acceptors (Lipinski definition) is 8. The zero-order chi connectivity index (χ0) is 19.7. The van der Waals surface area contributed by atoms with Crippen LogP contribution in [0.25, 0.3) is 10.2 Å². The van der Waals surface area contributed by atoms with Crippen LogP contribution in [-0.4, -0.2) is 40.1 Å². The van der Waals surface area contributed by atoms with E-state index in [2.05, 4.69) is 20.5 Å². The molecule has 2 aromatic heterocycles. The van der Waals surface area contributed by atoms with E-state index >= 15 is 0 Å². The van der Waals surface area contributed by atoms with E-state index < -0.39 is 5.92 Å². The number of ether oxygens (including phenoxy) is 1. The number of hydrogen-bond donors (Lipinski definition) is 1. The van der Waals surface area contributed by atoms with Crippen LogP contribution in [0.4, 0.5) is 5.13 Å². The number of rotatable bonds is 6. The van der Waals surface area contributed by atoms with Crippen LogP contribution in [0.5, 0.6) is 5.75 Å². The molecule has 1 atom stereocenters. The zero-order valence-electron chi connectivity index (χ0n) is 15.5. The highest BCUT2D eigenvalue weighted by atomic mass is 32.1. The smallest absolute Gasteiger partial charge is 0.235 e. The van der Waals surface area contributed by atoms with Crippen molar-refractivity contribution in [3.05, 3.63) is 30.0 Å². The molecular weight excluding hydrogens is 382 g/mol. The van der Waals surface area contributed by atoms with Crippen molar-refractivity contribution in [1.29, 1.82) is 0 Å². The van der Waals surface area contributed by atoms with Crippen LogP contribution < -0.4 is 15.0 Å². The van der Waals surface area contributed by atoms with Gasteiger partial charge in [-0.3, -0.25) is 14.5 Å². The standard InChI is InChI=1S/C18H19N5O4S/c1-3-26-12-4-5-13-14(7-12)28-18(20-13)23-9-11(6-16(23)24)17(25)19-8-15-22-21-10(2)27-15/h4-5,7,11H,3,6,8-9H2,1-2H3,(H,19,25). The summed E-state index contributed by atoms with van der Waals surface area (Å²) in [6.45, 7) is 4.64. The van der Waals surface area contributed by atoms with E-state index in [1.165, 1.54) is 11.3 Å². The van der Waals surface area contributed by atoms with Crippen LogP contribution in [0.1, 0.15) is 25.1 Å². The maximum Gasteiger partial charge on any atom is 0.235 e. The first-order valence-corrected chi connectivity index (χ1v) is 9.75. The number of thiazole rings is 1. The first-order valence-electron chi connectivity index (χ1n) is 8.94. The third-order valence-corrected chi connectivity index (χ3v) is 5.41. The Morgan fingerprint density at radius 1 is 1.43 bits per heavy atom. The van der Waals surface area contributed by atoms with Gasteiger partial charge in [0, 0.05) is 19.9 Å². The number of aromatic nitrogens is 3. The van der Waals surface area contributed by atoms with Crippen LogP contribution in [0.15, 0.2) is 22.6 Å². The molecule has 9 nitrogen and oxygen atoms in total. The van der Waals surface area contributed by atoms with Crippen molar-refractivity contribution in [2.45, 2.75) is 26.8 Å². The number of anilines is 1. The molecular formula is C18H19N5O4S. The molecule has 1 saturated heterocycles. The predicted octanol–water partition coefficient (Wildman–Crippen LogP) is 2.06. The number of fused-ring (bicyclic) bond motifs is 1. The molecule has 0 radical (unpaired) electrons. The van der Waals surface area contributed by atoms with Gasteiger partial charge in [0.15, 0.2) is 5.13 Å². The molecule has 3 aromatic rings. The lowest BCUT2D eigenvalue weighted by Gasteiger charge is -2.12. The van der Waals surface area contributed by atoms with E-state index in [0.29, 0.717) is 30.1 Å². The summed E-state index contributed by atoms with van der Waals surface area (Å²) < 4.78 is 11.7. The summed E-state index contributed by atoms with van der Waals surface area (Å²) in [7, 11) is 0. The normalized spacial score (nSPS) is 16.7. The van der Waals surface area contributed by atoms with Gasteiger partial charge >= 0.3 is 0 Å². The number of nitrogens with zero attached hydrogens (tertiary/aromatic N) is 4. The number of amides is 2. The highest BCUT2D eigenvalue weighted by Gasteiger charge is 2.36. The minimum atomic E-state index is -0.442. The molecule has 2 amide bonds. The molecule has 1 aromatic carbocycles. The molecule has 0 spiro atoms. The van der Waals surface area contributed by atoms with Crippen molar-refractivity contribution in [3.8, 4) is 5.75 Å². The van der Waals surface area contributed by atoms with Gasteiger partial charge in [-0.2, -0.15) is 0 Å². The monoisotopic (exact) mass is 401 g/mol. The second kappa shape index (κ2) is 7.55. The fourth-order valence-electron chi connectivity index (χ4n) is 3.05. The van der Waals surface area contributed by atoms with E-state index in [1.54, 1.807) is 11.8 Å².